The number of hydrogen-bond acceptors (Lipinski definition) is 3. The topological polar surface area (TPSA) is 46.5 Å². The zero-order chi connectivity index (χ0) is 13.8. The minimum Gasteiger partial charge on any atom is -0.461 e. The fourth-order valence-corrected chi connectivity index (χ4v) is 2.11. The van der Waals surface area contributed by atoms with E-state index in [0.717, 1.165) is 51.4 Å². The summed E-state index contributed by atoms with van der Waals surface area (Å²) in [5.41, 5.74) is 1.21. The van der Waals surface area contributed by atoms with Crippen molar-refractivity contribution in [3.8, 4) is 0 Å². The van der Waals surface area contributed by atoms with Crippen LogP contribution in [-0.4, -0.2) is 24.3 Å². The van der Waals surface area contributed by atoms with Crippen molar-refractivity contribution in [2.45, 2.75) is 57.8 Å². The van der Waals surface area contributed by atoms with Gasteiger partial charge in [-0.1, -0.05) is 43.9 Å². The highest BCUT2D eigenvalue weighted by Crippen LogP contribution is 2.13. The van der Waals surface area contributed by atoms with E-state index in [1.54, 1.807) is 0 Å². The molecule has 3 heteroatoms. The Morgan fingerprint density at radius 1 is 1.16 bits per heavy atom. The van der Waals surface area contributed by atoms with Gasteiger partial charge in [0.15, 0.2) is 0 Å². The van der Waals surface area contributed by atoms with Crippen molar-refractivity contribution in [2.24, 2.45) is 0 Å². The van der Waals surface area contributed by atoms with Crippen molar-refractivity contribution in [3.63, 3.8) is 0 Å². The number of allylic oxidation sites excluding steroid dienone is 3. The monoisotopic (exact) mass is 266 g/mol. The fourth-order valence-electron chi connectivity index (χ4n) is 2.11. The van der Waals surface area contributed by atoms with Gasteiger partial charge in [-0.15, -0.1) is 0 Å². The van der Waals surface area contributed by atoms with Crippen LogP contribution in [-0.2, 0) is 9.53 Å². The van der Waals surface area contributed by atoms with Crippen LogP contribution >= 0.6 is 0 Å². The highest BCUT2D eigenvalue weighted by Gasteiger charge is 2.05. The fraction of sp³-hybridized carbons (Fsp3) is 0.688. The molecule has 0 unspecified atom stereocenters. The van der Waals surface area contributed by atoms with E-state index < -0.39 is 0 Å². The van der Waals surface area contributed by atoms with E-state index in [2.05, 4.69) is 6.08 Å². The third-order valence-electron chi connectivity index (χ3n) is 3.31. The zero-order valence-corrected chi connectivity index (χ0v) is 11.8. The quantitative estimate of drug-likeness (QED) is 0.486. The van der Waals surface area contributed by atoms with E-state index in [0.29, 0.717) is 13.0 Å². The molecule has 0 bridgehead atoms. The van der Waals surface area contributed by atoms with Crippen LogP contribution in [0.15, 0.2) is 23.8 Å². The van der Waals surface area contributed by atoms with Gasteiger partial charge in [-0.3, -0.25) is 4.79 Å². The maximum Gasteiger partial charge on any atom is 0.306 e. The van der Waals surface area contributed by atoms with Crippen LogP contribution in [0, 0.1) is 0 Å². The van der Waals surface area contributed by atoms with Gasteiger partial charge in [0.05, 0.1) is 0 Å². The first kappa shape index (κ1) is 16.0. The Labute approximate surface area is 116 Å². The van der Waals surface area contributed by atoms with E-state index in [-0.39, 0.29) is 12.6 Å². The van der Waals surface area contributed by atoms with Crippen molar-refractivity contribution < 1.29 is 14.6 Å². The number of carbonyl (C=O) groups excluding carboxylic acids is 1. The predicted molar refractivity (Wildman–Crippen MR) is 76.8 cm³/mol. The summed E-state index contributed by atoms with van der Waals surface area (Å²) in [4.78, 5) is 11.5. The zero-order valence-electron chi connectivity index (χ0n) is 11.8. The number of esters is 1. The summed E-state index contributed by atoms with van der Waals surface area (Å²) in [6, 6.07) is 0. The largest absolute Gasteiger partial charge is 0.461 e. The molecule has 1 rings (SSSR count). The van der Waals surface area contributed by atoms with Crippen LogP contribution in [0.3, 0.4) is 0 Å². The van der Waals surface area contributed by atoms with Crippen LogP contribution in [0.5, 0.6) is 0 Å². The van der Waals surface area contributed by atoms with E-state index in [1.807, 2.05) is 12.2 Å². The molecule has 0 saturated carbocycles. The first-order chi connectivity index (χ1) is 9.33. The Balaban J connectivity index is 1.93. The molecule has 0 aromatic rings. The molecule has 0 aliphatic heterocycles. The van der Waals surface area contributed by atoms with Crippen LogP contribution < -0.4 is 0 Å². The van der Waals surface area contributed by atoms with Crippen molar-refractivity contribution in [2.75, 3.05) is 13.2 Å². The molecule has 0 aromatic heterocycles. The molecule has 19 heavy (non-hydrogen) atoms. The number of rotatable bonds is 10. The van der Waals surface area contributed by atoms with Crippen molar-refractivity contribution >= 4 is 5.97 Å². The average molecular weight is 266 g/mol. The third kappa shape index (κ3) is 8.60. The normalized spacial score (nSPS) is 14.3. The minimum atomic E-state index is -0.0780. The molecule has 108 valence electrons. The number of unbranched alkanes of at least 4 members (excludes halogenated alkanes) is 5. The van der Waals surface area contributed by atoms with Crippen LogP contribution in [0.4, 0.5) is 0 Å². The Hall–Kier alpha value is -1.09. The Morgan fingerprint density at radius 2 is 1.89 bits per heavy atom. The van der Waals surface area contributed by atoms with Gasteiger partial charge in [0, 0.05) is 13.0 Å². The molecule has 1 aliphatic rings. The second-order valence-electron chi connectivity index (χ2n) is 5.05. The molecule has 0 spiro atoms. The summed E-state index contributed by atoms with van der Waals surface area (Å²) in [5.74, 6) is -0.0780. The second kappa shape index (κ2) is 10.8. The van der Waals surface area contributed by atoms with E-state index >= 15 is 0 Å². The maximum atomic E-state index is 11.5. The summed E-state index contributed by atoms with van der Waals surface area (Å²) in [5, 5.41) is 8.64. The van der Waals surface area contributed by atoms with Gasteiger partial charge in [0.25, 0.3) is 0 Å². The molecule has 0 heterocycles. The molecule has 1 aliphatic carbocycles. The lowest BCUT2D eigenvalue weighted by molar-refractivity contribution is -0.142. The van der Waals surface area contributed by atoms with Crippen molar-refractivity contribution in [1.29, 1.82) is 0 Å². The summed E-state index contributed by atoms with van der Waals surface area (Å²) in [7, 11) is 0. The van der Waals surface area contributed by atoms with Crippen LogP contribution in [0.25, 0.3) is 0 Å². The standard InChI is InChI=1S/C16H26O3/c17-13-9-4-2-1-3-8-12-16(18)19-14-15-10-6-5-7-11-15/h5-6,10,17H,1-4,7-9,11-14H2. The van der Waals surface area contributed by atoms with E-state index in [4.69, 9.17) is 9.84 Å². The van der Waals surface area contributed by atoms with Crippen LogP contribution in [0.2, 0.25) is 0 Å². The molecule has 0 amide bonds. The number of hydrogen-bond donors (Lipinski definition) is 1. The molecular weight excluding hydrogens is 240 g/mol. The number of carbonyl (C=O) groups is 1. The maximum absolute atomic E-state index is 11.5. The molecule has 1 N–H and O–H groups in total. The van der Waals surface area contributed by atoms with Crippen molar-refractivity contribution in [3.05, 3.63) is 23.8 Å². The molecule has 0 fully saturated rings. The van der Waals surface area contributed by atoms with E-state index in [9.17, 15) is 4.79 Å². The molecule has 0 saturated heterocycles. The average Bonchev–Trinajstić information content (AvgIpc) is 2.45. The first-order valence-corrected chi connectivity index (χ1v) is 7.44. The smallest absolute Gasteiger partial charge is 0.306 e. The highest BCUT2D eigenvalue weighted by atomic mass is 16.5. The van der Waals surface area contributed by atoms with Gasteiger partial charge in [-0.25, -0.2) is 0 Å². The third-order valence-corrected chi connectivity index (χ3v) is 3.31. The van der Waals surface area contributed by atoms with Gasteiger partial charge in [-0.05, 0) is 31.3 Å². The number of aliphatic hydroxyl groups is 1. The summed E-state index contributed by atoms with van der Waals surface area (Å²) in [6.07, 6.45) is 15.0. The summed E-state index contributed by atoms with van der Waals surface area (Å²) >= 11 is 0. The predicted octanol–water partition coefficient (Wildman–Crippen LogP) is 3.53. The number of aliphatic hydroxyl groups excluding tert-OH is 1. The lowest BCUT2D eigenvalue weighted by Crippen LogP contribution is -2.08. The summed E-state index contributed by atoms with van der Waals surface area (Å²) in [6.45, 7) is 0.747. The Morgan fingerprint density at radius 3 is 2.58 bits per heavy atom. The molecule has 0 radical (unpaired) electrons. The first-order valence-electron chi connectivity index (χ1n) is 7.44. The molecule has 0 aromatic carbocycles. The van der Waals surface area contributed by atoms with Gasteiger partial charge in [0.2, 0.25) is 0 Å². The van der Waals surface area contributed by atoms with Gasteiger partial charge in [-0.2, -0.15) is 0 Å². The second-order valence-corrected chi connectivity index (χ2v) is 5.05. The Kier molecular flexibility index (Phi) is 9.07. The molecule has 0 atom stereocenters. The van der Waals surface area contributed by atoms with E-state index in [1.165, 1.54) is 5.57 Å². The number of ether oxygens (including phenoxy) is 1. The Bertz CT molecular complexity index is 305. The highest BCUT2D eigenvalue weighted by molar-refractivity contribution is 5.69. The summed E-state index contributed by atoms with van der Waals surface area (Å²) < 4.78 is 5.25. The van der Waals surface area contributed by atoms with Gasteiger partial charge in [0.1, 0.15) is 6.61 Å². The van der Waals surface area contributed by atoms with Gasteiger partial charge >= 0.3 is 5.97 Å². The van der Waals surface area contributed by atoms with Crippen molar-refractivity contribution in [1.82, 2.24) is 0 Å². The van der Waals surface area contributed by atoms with Crippen LogP contribution in [0.1, 0.15) is 57.8 Å². The minimum absolute atomic E-state index is 0.0780. The lowest BCUT2D eigenvalue weighted by Gasteiger charge is -2.09. The van der Waals surface area contributed by atoms with Gasteiger partial charge < -0.3 is 9.84 Å². The molecular formula is C16H26O3. The SMILES string of the molecule is O=C(CCCCCCCCO)OCC1=CC=CCC1. The molecule has 3 nitrogen and oxygen atoms in total. The lowest BCUT2D eigenvalue weighted by atomic mass is 10.1.